The molecule has 0 aromatic carbocycles. The minimum atomic E-state index is 0.607. The molecule has 2 nitrogen and oxygen atoms in total. The second kappa shape index (κ2) is 14.7. The van der Waals surface area contributed by atoms with Gasteiger partial charge in [-0.15, -0.1) is 0 Å². The minimum absolute atomic E-state index is 0.607. The van der Waals surface area contributed by atoms with Crippen LogP contribution in [0.3, 0.4) is 0 Å². The molecule has 0 atom stereocenters. The molecule has 0 aromatic rings. The fourth-order valence-electron chi connectivity index (χ4n) is 0.493. The lowest BCUT2D eigenvalue weighted by Gasteiger charge is -1.95. The third kappa shape index (κ3) is 17.3. The number of rotatable bonds is 4. The highest BCUT2D eigenvalue weighted by Gasteiger charge is 1.94. The smallest absolute Gasteiger partial charge is 0.0712 e. The average molecular weight is 198 g/mol. The van der Waals surface area contributed by atoms with Crippen molar-refractivity contribution in [3.05, 3.63) is 37.0 Å². The van der Waals surface area contributed by atoms with E-state index < -0.39 is 0 Å². The standard InChI is InChI=1S/C8H12O.C2H4O.C2H6/c1-4-6-8(5-2)7-9-3;1-2-3-1;1-2/h4-6H,1-2,7H2,3H3;1-2H2;1-2H3/b8-6+;;. The summed E-state index contributed by atoms with van der Waals surface area (Å²) in [6.45, 7) is 13.8. The molecule has 0 aliphatic carbocycles. The normalized spacial score (nSPS) is 12.6. The first-order valence-electron chi connectivity index (χ1n) is 4.86. The van der Waals surface area contributed by atoms with Crippen molar-refractivity contribution in [2.45, 2.75) is 13.8 Å². The highest BCUT2D eigenvalue weighted by Crippen LogP contribution is 1.94. The Labute approximate surface area is 87.9 Å². The van der Waals surface area contributed by atoms with Crippen molar-refractivity contribution in [3.8, 4) is 0 Å². The molecule has 0 unspecified atom stereocenters. The van der Waals surface area contributed by atoms with Crippen LogP contribution in [0.2, 0.25) is 0 Å². The second-order valence-electron chi connectivity index (χ2n) is 2.23. The van der Waals surface area contributed by atoms with Gasteiger partial charge in [0, 0.05) is 7.11 Å². The molecule has 0 bridgehead atoms. The Balaban J connectivity index is 0. The van der Waals surface area contributed by atoms with Gasteiger partial charge in [0.25, 0.3) is 0 Å². The molecule has 1 aliphatic heterocycles. The summed E-state index contributed by atoms with van der Waals surface area (Å²) in [6.07, 6.45) is 5.34. The largest absolute Gasteiger partial charge is 0.380 e. The van der Waals surface area contributed by atoms with Gasteiger partial charge in [-0.05, 0) is 5.57 Å². The molecule has 14 heavy (non-hydrogen) atoms. The Kier molecular flexibility index (Phi) is 16.3. The maximum absolute atomic E-state index is 4.86. The monoisotopic (exact) mass is 198 g/mol. The highest BCUT2D eigenvalue weighted by atomic mass is 16.6. The van der Waals surface area contributed by atoms with Crippen LogP contribution in [0.5, 0.6) is 0 Å². The fourth-order valence-corrected chi connectivity index (χ4v) is 0.493. The van der Waals surface area contributed by atoms with E-state index in [-0.39, 0.29) is 0 Å². The van der Waals surface area contributed by atoms with E-state index in [1.165, 1.54) is 0 Å². The van der Waals surface area contributed by atoms with E-state index in [4.69, 9.17) is 4.74 Å². The van der Waals surface area contributed by atoms with Crippen LogP contribution in [0.25, 0.3) is 0 Å². The maximum Gasteiger partial charge on any atom is 0.0712 e. The molecular weight excluding hydrogens is 176 g/mol. The van der Waals surface area contributed by atoms with Gasteiger partial charge in [-0.2, -0.15) is 0 Å². The molecular formula is C12H22O2. The summed E-state index contributed by atoms with van der Waals surface area (Å²) in [7, 11) is 1.65. The molecule has 0 saturated carbocycles. The number of epoxide rings is 1. The maximum atomic E-state index is 4.86. The third-order valence-electron chi connectivity index (χ3n) is 1.11. The molecule has 0 amide bonds. The summed E-state index contributed by atoms with van der Waals surface area (Å²) in [4.78, 5) is 0. The van der Waals surface area contributed by atoms with Crippen molar-refractivity contribution in [2.75, 3.05) is 26.9 Å². The van der Waals surface area contributed by atoms with Gasteiger partial charge in [-0.1, -0.05) is 45.2 Å². The first kappa shape index (κ1) is 15.6. The van der Waals surface area contributed by atoms with Crippen molar-refractivity contribution >= 4 is 0 Å². The van der Waals surface area contributed by atoms with Gasteiger partial charge in [0.05, 0.1) is 19.8 Å². The van der Waals surface area contributed by atoms with Gasteiger partial charge in [-0.3, -0.25) is 0 Å². The molecule has 0 N–H and O–H groups in total. The zero-order valence-electron chi connectivity index (χ0n) is 9.58. The number of allylic oxidation sites excluding steroid dienone is 2. The highest BCUT2D eigenvalue weighted by molar-refractivity contribution is 5.21. The van der Waals surface area contributed by atoms with E-state index in [2.05, 4.69) is 17.9 Å². The van der Waals surface area contributed by atoms with Crippen molar-refractivity contribution in [2.24, 2.45) is 0 Å². The van der Waals surface area contributed by atoms with Crippen molar-refractivity contribution in [1.82, 2.24) is 0 Å². The zero-order valence-corrected chi connectivity index (χ0v) is 9.58. The predicted molar refractivity (Wildman–Crippen MR) is 62.5 cm³/mol. The lowest BCUT2D eigenvalue weighted by molar-refractivity contribution is 0.228. The van der Waals surface area contributed by atoms with E-state index in [1.54, 1.807) is 19.3 Å². The summed E-state index contributed by atoms with van der Waals surface area (Å²) < 4.78 is 9.36. The number of hydrogen-bond acceptors (Lipinski definition) is 2. The van der Waals surface area contributed by atoms with Crippen LogP contribution >= 0.6 is 0 Å². The molecule has 82 valence electrons. The van der Waals surface area contributed by atoms with Crippen LogP contribution in [0.1, 0.15) is 13.8 Å². The molecule has 0 radical (unpaired) electrons. The van der Waals surface area contributed by atoms with Gasteiger partial charge < -0.3 is 9.47 Å². The molecule has 1 saturated heterocycles. The Hall–Kier alpha value is -0.860. The summed E-state index contributed by atoms with van der Waals surface area (Å²) in [5, 5.41) is 0. The Morgan fingerprint density at radius 1 is 1.36 bits per heavy atom. The summed E-state index contributed by atoms with van der Waals surface area (Å²) in [5.41, 5.74) is 1.05. The van der Waals surface area contributed by atoms with Crippen LogP contribution in [-0.4, -0.2) is 26.9 Å². The molecule has 2 heteroatoms. The molecule has 1 aliphatic rings. The van der Waals surface area contributed by atoms with E-state index in [9.17, 15) is 0 Å². The van der Waals surface area contributed by atoms with Crippen LogP contribution in [0, 0.1) is 0 Å². The number of hydrogen-bond donors (Lipinski definition) is 0. The van der Waals surface area contributed by atoms with E-state index in [1.807, 2.05) is 19.9 Å². The molecule has 0 aromatic heterocycles. The lowest BCUT2D eigenvalue weighted by atomic mass is 10.2. The summed E-state index contributed by atoms with van der Waals surface area (Å²) in [5.74, 6) is 0. The van der Waals surface area contributed by atoms with E-state index in [0.29, 0.717) is 6.61 Å². The number of ether oxygens (including phenoxy) is 2. The number of methoxy groups -OCH3 is 1. The summed E-state index contributed by atoms with van der Waals surface area (Å²) in [6, 6.07) is 0. The van der Waals surface area contributed by atoms with Crippen LogP contribution in [0.4, 0.5) is 0 Å². The van der Waals surface area contributed by atoms with Crippen LogP contribution in [0.15, 0.2) is 37.0 Å². The van der Waals surface area contributed by atoms with Crippen LogP contribution in [-0.2, 0) is 9.47 Å². The van der Waals surface area contributed by atoms with Crippen molar-refractivity contribution in [3.63, 3.8) is 0 Å². The Morgan fingerprint density at radius 2 is 1.86 bits per heavy atom. The third-order valence-corrected chi connectivity index (χ3v) is 1.11. The quantitative estimate of drug-likeness (QED) is 0.511. The lowest BCUT2D eigenvalue weighted by Crippen LogP contribution is -1.89. The van der Waals surface area contributed by atoms with Gasteiger partial charge >= 0.3 is 0 Å². The minimum Gasteiger partial charge on any atom is -0.380 e. The molecule has 0 spiro atoms. The van der Waals surface area contributed by atoms with Gasteiger partial charge in [0.1, 0.15) is 0 Å². The average Bonchev–Trinajstić information content (AvgIpc) is 3.07. The van der Waals surface area contributed by atoms with Crippen molar-refractivity contribution in [1.29, 1.82) is 0 Å². The summed E-state index contributed by atoms with van der Waals surface area (Å²) >= 11 is 0. The Bertz CT molecular complexity index is 155. The van der Waals surface area contributed by atoms with Gasteiger partial charge in [-0.25, -0.2) is 0 Å². The topological polar surface area (TPSA) is 21.8 Å². The van der Waals surface area contributed by atoms with E-state index >= 15 is 0 Å². The van der Waals surface area contributed by atoms with Gasteiger partial charge in [0.2, 0.25) is 0 Å². The van der Waals surface area contributed by atoms with Crippen LogP contribution < -0.4 is 0 Å². The van der Waals surface area contributed by atoms with E-state index in [0.717, 1.165) is 18.8 Å². The Morgan fingerprint density at radius 3 is 2.07 bits per heavy atom. The second-order valence-corrected chi connectivity index (χ2v) is 2.23. The van der Waals surface area contributed by atoms with Crippen molar-refractivity contribution < 1.29 is 9.47 Å². The predicted octanol–water partition coefficient (Wildman–Crippen LogP) is 2.97. The zero-order chi connectivity index (χ0) is 11.2. The first-order valence-corrected chi connectivity index (χ1v) is 4.86. The SMILES string of the molecule is C1CO1.C=C/C=C(\C=C)COC.CC. The molecule has 1 heterocycles. The first-order chi connectivity index (χ1) is 6.85. The molecule has 1 fully saturated rings. The fraction of sp³-hybridized carbons (Fsp3) is 0.500. The molecule has 1 rings (SSSR count). The van der Waals surface area contributed by atoms with Gasteiger partial charge in [0.15, 0.2) is 0 Å².